The van der Waals surface area contributed by atoms with Gasteiger partial charge in [-0.15, -0.1) is 0 Å². The fourth-order valence-corrected chi connectivity index (χ4v) is 4.17. The molecule has 108 valence electrons. The Hall–Kier alpha value is -1.21. The van der Waals surface area contributed by atoms with Crippen molar-refractivity contribution in [1.82, 2.24) is 0 Å². The molecule has 2 aliphatic rings. The lowest BCUT2D eigenvalue weighted by molar-refractivity contribution is -0.143. The molecular weight excluding hydrogens is 280 g/mol. The van der Waals surface area contributed by atoms with Crippen LogP contribution in [0.15, 0.2) is 46.2 Å². The second kappa shape index (κ2) is 4.96. The van der Waals surface area contributed by atoms with E-state index in [1.54, 1.807) is 30.3 Å². The smallest absolute Gasteiger partial charge is 0.202 e. The first kappa shape index (κ1) is 13.8. The normalized spacial score (nSPS) is 25.6. The van der Waals surface area contributed by atoms with Crippen LogP contribution in [0.2, 0.25) is 0 Å². The monoisotopic (exact) mass is 296 g/mol. The molecule has 0 bridgehead atoms. The van der Waals surface area contributed by atoms with Crippen molar-refractivity contribution in [1.29, 1.82) is 0 Å². The second-order valence-corrected chi connectivity index (χ2v) is 7.00. The fraction of sp³-hybridized carbons (Fsp3) is 0.429. The quantitative estimate of drug-likeness (QED) is 0.889. The highest BCUT2D eigenvalue weighted by atomic mass is 32.2. The largest absolute Gasteiger partial charge is 0.393 e. The molecule has 0 saturated carbocycles. The first-order chi connectivity index (χ1) is 9.52. The predicted octanol–water partition coefficient (Wildman–Crippen LogP) is 1.24. The molecule has 1 heterocycles. The summed E-state index contributed by atoms with van der Waals surface area (Å²) in [5.41, 5.74) is 0. The number of hydrogen-bond donors (Lipinski definition) is 1. The molecule has 20 heavy (non-hydrogen) atoms. The molecular formula is C14H16O5S. The van der Waals surface area contributed by atoms with E-state index >= 15 is 0 Å². The molecule has 6 heteroatoms. The Labute approximate surface area is 117 Å². The maximum atomic E-state index is 12.6. The maximum Gasteiger partial charge on any atom is 0.202 e. The summed E-state index contributed by atoms with van der Waals surface area (Å²) >= 11 is 0. The number of hydrogen-bond acceptors (Lipinski definition) is 5. The van der Waals surface area contributed by atoms with Gasteiger partial charge in [0, 0.05) is 12.8 Å². The number of benzene rings is 1. The molecule has 1 saturated heterocycles. The summed E-state index contributed by atoms with van der Waals surface area (Å²) in [7, 11) is -3.62. The number of ether oxygens (including phenoxy) is 2. The van der Waals surface area contributed by atoms with Gasteiger partial charge in [0.2, 0.25) is 9.84 Å². The van der Waals surface area contributed by atoms with E-state index in [9.17, 15) is 13.5 Å². The first-order valence-electron chi connectivity index (χ1n) is 6.50. The molecule has 5 nitrogen and oxygen atoms in total. The zero-order valence-electron chi connectivity index (χ0n) is 10.9. The van der Waals surface area contributed by atoms with Crippen LogP contribution < -0.4 is 0 Å². The lowest BCUT2D eigenvalue weighted by Gasteiger charge is -2.32. The third-order valence-electron chi connectivity index (χ3n) is 3.51. The highest BCUT2D eigenvalue weighted by Gasteiger charge is 2.43. The lowest BCUT2D eigenvalue weighted by Crippen LogP contribution is -2.37. The van der Waals surface area contributed by atoms with Crippen molar-refractivity contribution in [3.05, 3.63) is 41.3 Å². The highest BCUT2D eigenvalue weighted by Crippen LogP contribution is 2.37. The number of rotatable bonds is 2. The van der Waals surface area contributed by atoms with Gasteiger partial charge in [0.15, 0.2) is 5.79 Å². The molecule has 1 atom stereocenters. The predicted molar refractivity (Wildman–Crippen MR) is 71.6 cm³/mol. The summed E-state index contributed by atoms with van der Waals surface area (Å²) in [6.45, 7) is 0.809. The molecule has 1 aliphatic heterocycles. The molecule has 1 aromatic carbocycles. The van der Waals surface area contributed by atoms with Crippen LogP contribution in [0.4, 0.5) is 0 Å². The van der Waals surface area contributed by atoms with E-state index in [1.165, 1.54) is 6.08 Å². The fourth-order valence-electron chi connectivity index (χ4n) is 2.61. The van der Waals surface area contributed by atoms with Crippen LogP contribution in [0.25, 0.3) is 0 Å². The Morgan fingerprint density at radius 2 is 1.80 bits per heavy atom. The molecule has 0 radical (unpaired) electrons. The van der Waals surface area contributed by atoms with E-state index in [2.05, 4.69) is 0 Å². The molecule has 1 N–H and O–H groups in total. The standard InChI is InChI=1S/C14H16O5S/c15-11-8-13(10-14(9-11)18-6-7-19-14)20(16,17)12-4-2-1-3-5-12/h1-5,10-11,15H,6-9H2/t11-/m0/s1. The van der Waals surface area contributed by atoms with Crippen LogP contribution in [0, 0.1) is 0 Å². The number of sulfone groups is 1. The van der Waals surface area contributed by atoms with Gasteiger partial charge in [-0.05, 0) is 18.2 Å². The molecule has 1 aliphatic carbocycles. The van der Waals surface area contributed by atoms with Crippen molar-refractivity contribution in [2.24, 2.45) is 0 Å². The maximum absolute atomic E-state index is 12.6. The number of aliphatic hydroxyl groups excluding tert-OH is 1. The minimum absolute atomic E-state index is 0.0890. The summed E-state index contributed by atoms with van der Waals surface area (Å²) in [5, 5.41) is 9.95. The van der Waals surface area contributed by atoms with Gasteiger partial charge in [-0.3, -0.25) is 0 Å². The van der Waals surface area contributed by atoms with E-state index < -0.39 is 21.7 Å². The highest BCUT2D eigenvalue weighted by molar-refractivity contribution is 7.95. The first-order valence-corrected chi connectivity index (χ1v) is 7.98. The van der Waals surface area contributed by atoms with Crippen molar-refractivity contribution in [3.8, 4) is 0 Å². The van der Waals surface area contributed by atoms with Crippen LogP contribution in [0.5, 0.6) is 0 Å². The zero-order chi connectivity index (χ0) is 14.2. The van der Waals surface area contributed by atoms with E-state index in [0.717, 1.165) is 0 Å². The minimum atomic E-state index is -3.62. The molecule has 0 amide bonds. The van der Waals surface area contributed by atoms with Crippen LogP contribution in [-0.4, -0.2) is 38.6 Å². The van der Waals surface area contributed by atoms with Gasteiger partial charge in [-0.1, -0.05) is 18.2 Å². The number of aliphatic hydroxyl groups is 1. The van der Waals surface area contributed by atoms with Gasteiger partial charge < -0.3 is 14.6 Å². The minimum Gasteiger partial charge on any atom is -0.393 e. The third-order valence-corrected chi connectivity index (χ3v) is 5.38. The molecule has 1 fully saturated rings. The lowest BCUT2D eigenvalue weighted by atomic mass is 9.99. The van der Waals surface area contributed by atoms with Crippen molar-refractivity contribution >= 4 is 9.84 Å². The SMILES string of the molecule is O=S(=O)(C1=CC2(C[C@@H](O)C1)OCCO2)c1ccccc1. The molecule has 1 spiro atoms. The summed E-state index contributed by atoms with van der Waals surface area (Å²) in [5.74, 6) is -1.09. The Morgan fingerprint density at radius 1 is 1.15 bits per heavy atom. The third kappa shape index (κ3) is 2.40. The molecule has 1 aromatic rings. The molecule has 0 aromatic heterocycles. The van der Waals surface area contributed by atoms with E-state index in [-0.39, 0.29) is 22.6 Å². The van der Waals surface area contributed by atoms with Crippen LogP contribution >= 0.6 is 0 Å². The Balaban J connectivity index is 2.02. The average molecular weight is 296 g/mol. The average Bonchev–Trinajstić information content (AvgIpc) is 2.86. The molecule has 3 rings (SSSR count). The summed E-state index contributed by atoms with van der Waals surface area (Å²) < 4.78 is 36.1. The van der Waals surface area contributed by atoms with Crippen LogP contribution in [-0.2, 0) is 19.3 Å². The van der Waals surface area contributed by atoms with Gasteiger partial charge in [0.25, 0.3) is 0 Å². The zero-order valence-corrected chi connectivity index (χ0v) is 11.7. The van der Waals surface area contributed by atoms with Crippen molar-refractivity contribution in [2.75, 3.05) is 13.2 Å². The van der Waals surface area contributed by atoms with E-state index in [1.807, 2.05) is 0 Å². The van der Waals surface area contributed by atoms with E-state index in [0.29, 0.717) is 13.2 Å². The van der Waals surface area contributed by atoms with Crippen molar-refractivity contribution in [2.45, 2.75) is 29.6 Å². The van der Waals surface area contributed by atoms with Crippen LogP contribution in [0.3, 0.4) is 0 Å². The van der Waals surface area contributed by atoms with Crippen LogP contribution in [0.1, 0.15) is 12.8 Å². The Kier molecular flexibility index (Phi) is 3.41. The van der Waals surface area contributed by atoms with Gasteiger partial charge in [0.1, 0.15) is 0 Å². The summed E-state index contributed by atoms with van der Waals surface area (Å²) in [4.78, 5) is 0.373. The topological polar surface area (TPSA) is 72.8 Å². The Bertz CT molecular complexity index is 614. The summed E-state index contributed by atoms with van der Waals surface area (Å²) in [6.07, 6.45) is 1.08. The second-order valence-electron chi connectivity index (χ2n) is 5.00. The van der Waals surface area contributed by atoms with Crippen molar-refractivity contribution < 1.29 is 23.0 Å². The summed E-state index contributed by atoms with van der Waals surface area (Å²) in [6, 6.07) is 8.18. The molecule has 0 unspecified atom stereocenters. The van der Waals surface area contributed by atoms with Gasteiger partial charge >= 0.3 is 0 Å². The Morgan fingerprint density at radius 3 is 2.45 bits per heavy atom. The van der Waals surface area contributed by atoms with Gasteiger partial charge in [-0.25, -0.2) is 8.42 Å². The van der Waals surface area contributed by atoms with Gasteiger partial charge in [0.05, 0.1) is 29.1 Å². The van der Waals surface area contributed by atoms with Crippen molar-refractivity contribution in [3.63, 3.8) is 0 Å². The van der Waals surface area contributed by atoms with E-state index in [4.69, 9.17) is 9.47 Å². The van der Waals surface area contributed by atoms with Gasteiger partial charge in [-0.2, -0.15) is 0 Å².